The summed E-state index contributed by atoms with van der Waals surface area (Å²) < 4.78 is 5.51. The van der Waals surface area contributed by atoms with Crippen LogP contribution in [0.15, 0.2) is 37.3 Å². The predicted octanol–water partition coefficient (Wildman–Crippen LogP) is 1.78. The van der Waals surface area contributed by atoms with E-state index in [0.29, 0.717) is 10.7 Å². The molecule has 0 atom stereocenters. The summed E-state index contributed by atoms with van der Waals surface area (Å²) in [6, 6.07) is 5.44. The number of benzene rings is 1. The van der Waals surface area contributed by atoms with Gasteiger partial charge < -0.3 is 5.73 Å². The molecule has 1 aromatic carbocycles. The molecule has 0 saturated carbocycles. The van der Waals surface area contributed by atoms with Crippen molar-refractivity contribution in [1.29, 1.82) is 0 Å². The number of aliphatic imine (C=N–C) groups is 1. The molecule has 8 nitrogen and oxygen atoms in total. The molecular formula is C12H12BrN5O3S. The number of carbonyl (C=O) groups excluding carboxylic acids is 1. The van der Waals surface area contributed by atoms with Gasteiger partial charge in [0.15, 0.2) is 16.6 Å². The van der Waals surface area contributed by atoms with E-state index in [-0.39, 0.29) is 17.3 Å². The second-order valence-electron chi connectivity index (χ2n) is 4.18. The summed E-state index contributed by atoms with van der Waals surface area (Å²) >= 11 is 4.45. The topological polar surface area (TPSA) is 127 Å². The Kier molecular flexibility index (Phi) is 5.52. The highest BCUT2D eigenvalue weighted by Crippen LogP contribution is 2.24. The third kappa shape index (κ3) is 4.06. The molecule has 0 unspecified atom stereocenters. The Bertz CT molecular complexity index is 719. The van der Waals surface area contributed by atoms with E-state index in [4.69, 9.17) is 5.73 Å². The van der Waals surface area contributed by atoms with Crippen molar-refractivity contribution in [3.8, 4) is 0 Å². The summed E-state index contributed by atoms with van der Waals surface area (Å²) in [5, 5.41) is 16.9. The number of hydroxylamine groups is 1. The maximum absolute atomic E-state index is 10.8. The number of nitrogens with zero attached hydrogens (tertiary/aromatic N) is 3. The minimum atomic E-state index is -0.503. The summed E-state index contributed by atoms with van der Waals surface area (Å²) in [5.41, 5.74) is 8.87. The van der Waals surface area contributed by atoms with Gasteiger partial charge in [0.2, 0.25) is 5.91 Å². The van der Waals surface area contributed by atoms with Crippen molar-refractivity contribution in [2.24, 2.45) is 10.7 Å². The largest absolute Gasteiger partial charge is 0.369 e. The number of amidine groups is 1. The van der Waals surface area contributed by atoms with Gasteiger partial charge in [-0.15, -0.1) is 0 Å². The number of primary amides is 1. The average molecular weight is 386 g/mol. The monoisotopic (exact) mass is 385 g/mol. The van der Waals surface area contributed by atoms with Crippen LogP contribution in [-0.4, -0.2) is 33.0 Å². The van der Waals surface area contributed by atoms with Crippen LogP contribution in [0.5, 0.6) is 0 Å². The Hall–Kier alpha value is -1.91. The molecule has 2 aromatic rings. The van der Waals surface area contributed by atoms with Gasteiger partial charge in [-0.05, 0) is 34.9 Å². The van der Waals surface area contributed by atoms with Crippen LogP contribution in [0.4, 0.5) is 5.69 Å². The van der Waals surface area contributed by atoms with Crippen molar-refractivity contribution in [2.75, 3.05) is 5.75 Å². The van der Waals surface area contributed by atoms with Crippen molar-refractivity contribution in [3.05, 3.63) is 33.9 Å². The van der Waals surface area contributed by atoms with Gasteiger partial charge in [0, 0.05) is 4.47 Å². The molecule has 0 bridgehead atoms. The van der Waals surface area contributed by atoms with Crippen molar-refractivity contribution >= 4 is 45.1 Å². The second kappa shape index (κ2) is 7.38. The van der Waals surface area contributed by atoms with E-state index in [9.17, 15) is 10.0 Å². The van der Waals surface area contributed by atoms with E-state index in [1.807, 2.05) is 18.5 Å². The third-order valence-electron chi connectivity index (χ3n) is 2.54. The smallest absolute Gasteiger partial charge is 0.227 e. The molecule has 2 rings (SSSR count). The zero-order valence-corrected chi connectivity index (χ0v) is 13.8. The Morgan fingerprint density at radius 2 is 2.32 bits per heavy atom. The number of hydrogen-bond acceptors (Lipinski definition) is 7. The first-order valence-electron chi connectivity index (χ1n) is 6.00. The molecule has 0 radical (unpaired) electrons. The SMILES string of the molecule is Cc1ccc(N=C(NO)c2nonc2SCC(N)=O)cc1Br. The summed E-state index contributed by atoms with van der Waals surface area (Å²) in [4.78, 5) is 15.1. The number of nitrogens with two attached hydrogens (primary N) is 1. The lowest BCUT2D eigenvalue weighted by atomic mass is 10.2. The molecule has 0 saturated heterocycles. The van der Waals surface area contributed by atoms with Gasteiger partial charge in [0.1, 0.15) is 0 Å². The van der Waals surface area contributed by atoms with Crippen LogP contribution < -0.4 is 11.2 Å². The zero-order chi connectivity index (χ0) is 16.1. The summed E-state index contributed by atoms with van der Waals surface area (Å²) in [5.74, 6) is -0.448. The van der Waals surface area contributed by atoms with Crippen LogP contribution in [0.3, 0.4) is 0 Å². The molecule has 10 heteroatoms. The highest BCUT2D eigenvalue weighted by molar-refractivity contribution is 9.10. The highest BCUT2D eigenvalue weighted by atomic mass is 79.9. The molecule has 0 aliphatic heterocycles. The number of rotatable bonds is 5. The van der Waals surface area contributed by atoms with Crippen LogP contribution in [0.2, 0.25) is 0 Å². The lowest BCUT2D eigenvalue weighted by Gasteiger charge is -2.04. The van der Waals surface area contributed by atoms with Gasteiger partial charge >= 0.3 is 0 Å². The van der Waals surface area contributed by atoms with Gasteiger partial charge in [-0.3, -0.25) is 15.5 Å². The van der Waals surface area contributed by atoms with E-state index < -0.39 is 5.91 Å². The van der Waals surface area contributed by atoms with Gasteiger partial charge in [0.25, 0.3) is 0 Å². The van der Waals surface area contributed by atoms with Gasteiger partial charge in [-0.25, -0.2) is 9.62 Å². The number of thioether (sulfide) groups is 1. The number of aryl methyl sites for hydroxylation is 1. The van der Waals surface area contributed by atoms with E-state index in [1.165, 1.54) is 0 Å². The molecule has 22 heavy (non-hydrogen) atoms. The summed E-state index contributed by atoms with van der Waals surface area (Å²) in [6.45, 7) is 1.95. The molecule has 0 fully saturated rings. The quantitative estimate of drug-likeness (QED) is 0.309. The summed E-state index contributed by atoms with van der Waals surface area (Å²) in [7, 11) is 0. The maximum Gasteiger partial charge on any atom is 0.227 e. The van der Waals surface area contributed by atoms with E-state index >= 15 is 0 Å². The van der Waals surface area contributed by atoms with Crippen LogP contribution in [0.25, 0.3) is 0 Å². The molecule has 0 spiro atoms. The van der Waals surface area contributed by atoms with E-state index in [2.05, 4.69) is 35.9 Å². The zero-order valence-electron chi connectivity index (χ0n) is 11.4. The molecule has 0 aliphatic rings. The van der Waals surface area contributed by atoms with Crippen molar-refractivity contribution in [2.45, 2.75) is 11.9 Å². The van der Waals surface area contributed by atoms with Crippen LogP contribution >= 0.6 is 27.7 Å². The number of aromatic nitrogens is 2. The van der Waals surface area contributed by atoms with Crippen molar-refractivity contribution in [3.63, 3.8) is 0 Å². The van der Waals surface area contributed by atoms with Crippen LogP contribution in [0.1, 0.15) is 11.3 Å². The Morgan fingerprint density at radius 3 is 2.95 bits per heavy atom. The second-order valence-corrected chi connectivity index (χ2v) is 6.00. The Morgan fingerprint density at radius 1 is 1.55 bits per heavy atom. The Labute approximate surface area is 138 Å². The molecule has 116 valence electrons. The number of carbonyl (C=O) groups is 1. The third-order valence-corrected chi connectivity index (χ3v) is 4.36. The first-order chi connectivity index (χ1) is 10.5. The fraction of sp³-hybridized carbons (Fsp3) is 0.167. The standard InChI is InChI=1S/C12H12BrN5O3S/c1-6-2-3-7(4-8(6)13)15-11(16-20)10-12(18-21-17-10)22-5-9(14)19/h2-4,20H,5H2,1H3,(H2,14,19)(H,15,16). The Balaban J connectivity index is 2.31. The molecule has 1 amide bonds. The van der Waals surface area contributed by atoms with Gasteiger partial charge in [-0.2, -0.15) is 0 Å². The number of hydrogen-bond donors (Lipinski definition) is 3. The predicted molar refractivity (Wildman–Crippen MR) is 84.2 cm³/mol. The minimum absolute atomic E-state index is 0.00992. The van der Waals surface area contributed by atoms with Crippen LogP contribution in [0, 0.1) is 6.92 Å². The molecule has 1 aromatic heterocycles. The average Bonchev–Trinajstić information content (AvgIpc) is 2.94. The first-order valence-corrected chi connectivity index (χ1v) is 7.78. The lowest BCUT2D eigenvalue weighted by Crippen LogP contribution is -2.21. The maximum atomic E-state index is 10.8. The fourth-order valence-electron chi connectivity index (χ4n) is 1.47. The number of halogens is 1. The molecular weight excluding hydrogens is 374 g/mol. The van der Waals surface area contributed by atoms with E-state index in [0.717, 1.165) is 21.8 Å². The molecule has 1 heterocycles. The van der Waals surface area contributed by atoms with Gasteiger partial charge in [0.05, 0.1) is 11.4 Å². The van der Waals surface area contributed by atoms with E-state index in [1.54, 1.807) is 12.1 Å². The van der Waals surface area contributed by atoms with Crippen LogP contribution in [-0.2, 0) is 4.79 Å². The highest BCUT2D eigenvalue weighted by Gasteiger charge is 2.17. The summed E-state index contributed by atoms with van der Waals surface area (Å²) in [6.07, 6.45) is 0. The molecule has 0 aliphatic carbocycles. The minimum Gasteiger partial charge on any atom is -0.369 e. The first kappa shape index (κ1) is 16.5. The lowest BCUT2D eigenvalue weighted by molar-refractivity contribution is -0.115. The molecule has 4 N–H and O–H groups in total. The van der Waals surface area contributed by atoms with Crippen molar-refractivity contribution < 1.29 is 14.6 Å². The fourth-order valence-corrected chi connectivity index (χ4v) is 2.47. The van der Waals surface area contributed by atoms with Crippen molar-refractivity contribution in [1.82, 2.24) is 15.8 Å². The number of amides is 1. The van der Waals surface area contributed by atoms with Gasteiger partial charge in [-0.1, -0.05) is 33.8 Å². The normalized spacial score (nSPS) is 11.5. The number of nitrogens with one attached hydrogen (secondary N) is 1.